The molecule has 0 radical (unpaired) electrons. The molecule has 0 bridgehead atoms. The second kappa shape index (κ2) is 8.72. The van der Waals surface area contributed by atoms with E-state index in [1.54, 1.807) is 4.90 Å². The maximum Gasteiger partial charge on any atom is 0.303 e. The van der Waals surface area contributed by atoms with Gasteiger partial charge in [-0.1, -0.05) is 0 Å². The summed E-state index contributed by atoms with van der Waals surface area (Å²) in [4.78, 5) is 44.8. The van der Waals surface area contributed by atoms with Gasteiger partial charge in [-0.15, -0.1) is 0 Å². The number of hydrogen-bond donors (Lipinski definition) is 2. The van der Waals surface area contributed by atoms with Crippen LogP contribution < -0.4 is 5.32 Å². The third-order valence-electron chi connectivity index (χ3n) is 4.48. The van der Waals surface area contributed by atoms with Gasteiger partial charge in [-0.25, -0.2) is 18.7 Å². The van der Waals surface area contributed by atoms with E-state index in [1.807, 2.05) is 0 Å². The van der Waals surface area contributed by atoms with Gasteiger partial charge in [0.2, 0.25) is 11.9 Å². The molecule has 0 saturated carbocycles. The molecule has 3 rings (SSSR count). The first-order chi connectivity index (χ1) is 13.8. The summed E-state index contributed by atoms with van der Waals surface area (Å²) in [5.41, 5.74) is 1.34. The molecule has 2 N–H and O–H groups in total. The Labute approximate surface area is 164 Å². The number of carboxylic acids is 1. The number of hydrogen-bond acceptors (Lipinski definition) is 5. The van der Waals surface area contributed by atoms with Crippen LogP contribution in [0.5, 0.6) is 0 Å². The van der Waals surface area contributed by atoms with E-state index < -0.39 is 23.5 Å². The fraction of sp³-hybridized carbons (Fsp3) is 0.316. The van der Waals surface area contributed by atoms with E-state index in [4.69, 9.17) is 5.11 Å². The smallest absolute Gasteiger partial charge is 0.303 e. The van der Waals surface area contributed by atoms with Crippen LogP contribution in [0.3, 0.4) is 0 Å². The third-order valence-corrected chi connectivity index (χ3v) is 4.48. The number of carboxylic acid groups (broad SMARTS) is 1. The Kier molecular flexibility index (Phi) is 6.10. The van der Waals surface area contributed by atoms with Crippen LogP contribution in [0, 0.1) is 11.6 Å². The third kappa shape index (κ3) is 5.09. The van der Waals surface area contributed by atoms with Gasteiger partial charge in [0.05, 0.1) is 5.69 Å². The van der Waals surface area contributed by atoms with Crippen molar-refractivity contribution in [3.63, 3.8) is 0 Å². The van der Waals surface area contributed by atoms with Crippen LogP contribution in [-0.4, -0.2) is 44.3 Å². The maximum atomic E-state index is 13.3. The Bertz CT molecular complexity index is 967. The minimum atomic E-state index is -1.13. The van der Waals surface area contributed by atoms with Crippen molar-refractivity contribution >= 4 is 23.7 Å². The minimum Gasteiger partial charge on any atom is -0.481 e. The predicted octanol–water partition coefficient (Wildman–Crippen LogP) is 2.15. The Balaban J connectivity index is 1.62. The average molecular weight is 404 g/mol. The monoisotopic (exact) mass is 404 g/mol. The summed E-state index contributed by atoms with van der Waals surface area (Å²) in [6.07, 6.45) is 2.34. The second-order valence-electron chi connectivity index (χ2n) is 6.56. The van der Waals surface area contributed by atoms with Gasteiger partial charge in [0.25, 0.3) is 5.91 Å². The standard InChI is InChI=1S/C19H18F2N4O4/c20-13-5-4-11(8-14(13)21)18(29)24-19-22-9-12-10-25(7-6-15(12)23-19)16(26)2-1-3-17(27)28/h4-5,8-9H,1-3,6-7,10H2,(H,27,28)(H,22,23,24,29). The molecule has 0 unspecified atom stereocenters. The Hall–Kier alpha value is -3.43. The zero-order valence-electron chi connectivity index (χ0n) is 15.3. The lowest BCUT2D eigenvalue weighted by Crippen LogP contribution is -2.36. The molecule has 8 nitrogen and oxygen atoms in total. The normalized spacial score (nSPS) is 13.0. The van der Waals surface area contributed by atoms with Gasteiger partial charge in [-0.05, 0) is 24.6 Å². The Morgan fingerprint density at radius 1 is 1.17 bits per heavy atom. The van der Waals surface area contributed by atoms with E-state index in [9.17, 15) is 23.2 Å². The first-order valence-electron chi connectivity index (χ1n) is 8.94. The molecule has 1 aromatic heterocycles. The lowest BCUT2D eigenvalue weighted by Gasteiger charge is -2.28. The van der Waals surface area contributed by atoms with Gasteiger partial charge in [0.15, 0.2) is 11.6 Å². The summed E-state index contributed by atoms with van der Waals surface area (Å²) in [5, 5.41) is 11.1. The highest BCUT2D eigenvalue weighted by Gasteiger charge is 2.22. The highest BCUT2D eigenvalue weighted by atomic mass is 19.2. The molecule has 1 aromatic carbocycles. The number of aromatic nitrogens is 2. The maximum absolute atomic E-state index is 13.3. The molecular formula is C19H18F2N4O4. The first kappa shape index (κ1) is 20.3. The summed E-state index contributed by atoms with van der Waals surface area (Å²) < 4.78 is 26.3. The summed E-state index contributed by atoms with van der Waals surface area (Å²) in [5.74, 6) is -3.89. The van der Waals surface area contributed by atoms with Crippen LogP contribution in [-0.2, 0) is 22.6 Å². The van der Waals surface area contributed by atoms with Gasteiger partial charge >= 0.3 is 5.97 Å². The van der Waals surface area contributed by atoms with E-state index in [2.05, 4.69) is 15.3 Å². The SMILES string of the molecule is O=C(O)CCCC(=O)N1CCc2nc(NC(=O)c3ccc(F)c(F)c3)ncc2C1. The van der Waals surface area contributed by atoms with E-state index in [0.717, 1.165) is 23.8 Å². The van der Waals surface area contributed by atoms with Crippen molar-refractivity contribution in [1.82, 2.24) is 14.9 Å². The van der Waals surface area contributed by atoms with Crippen molar-refractivity contribution in [3.8, 4) is 0 Å². The molecule has 2 aromatic rings. The van der Waals surface area contributed by atoms with Crippen molar-refractivity contribution in [1.29, 1.82) is 0 Å². The van der Waals surface area contributed by atoms with Crippen LogP contribution >= 0.6 is 0 Å². The number of anilines is 1. The molecule has 2 heterocycles. The highest BCUT2D eigenvalue weighted by Crippen LogP contribution is 2.19. The average Bonchev–Trinajstić information content (AvgIpc) is 2.69. The minimum absolute atomic E-state index is 0.0275. The highest BCUT2D eigenvalue weighted by molar-refractivity contribution is 6.03. The number of benzene rings is 1. The molecule has 0 spiro atoms. The lowest BCUT2D eigenvalue weighted by atomic mass is 10.1. The molecule has 152 valence electrons. The van der Waals surface area contributed by atoms with Crippen molar-refractivity contribution in [2.75, 3.05) is 11.9 Å². The molecular weight excluding hydrogens is 386 g/mol. The van der Waals surface area contributed by atoms with Crippen molar-refractivity contribution in [2.45, 2.75) is 32.2 Å². The zero-order valence-corrected chi connectivity index (χ0v) is 15.3. The number of nitrogens with one attached hydrogen (secondary N) is 1. The summed E-state index contributed by atoms with van der Waals surface area (Å²) >= 11 is 0. The summed E-state index contributed by atoms with van der Waals surface area (Å²) in [6.45, 7) is 0.727. The van der Waals surface area contributed by atoms with Crippen LogP contribution in [0.15, 0.2) is 24.4 Å². The van der Waals surface area contributed by atoms with Gasteiger partial charge in [0.1, 0.15) is 0 Å². The fourth-order valence-electron chi connectivity index (χ4n) is 2.95. The van der Waals surface area contributed by atoms with Gasteiger partial charge < -0.3 is 10.0 Å². The number of aliphatic carboxylic acids is 1. The molecule has 2 amide bonds. The summed E-state index contributed by atoms with van der Waals surface area (Å²) in [7, 11) is 0. The number of halogens is 2. The van der Waals surface area contributed by atoms with Gasteiger partial charge in [-0.2, -0.15) is 0 Å². The number of carbonyl (C=O) groups is 3. The van der Waals surface area contributed by atoms with Crippen LogP contribution in [0.2, 0.25) is 0 Å². The first-order valence-corrected chi connectivity index (χ1v) is 8.94. The largest absolute Gasteiger partial charge is 0.481 e. The van der Waals surface area contributed by atoms with Gasteiger partial charge in [-0.3, -0.25) is 19.7 Å². The molecule has 1 aliphatic rings. The number of nitrogens with zero attached hydrogens (tertiary/aromatic N) is 3. The Morgan fingerprint density at radius 2 is 1.97 bits per heavy atom. The summed E-state index contributed by atoms with van der Waals surface area (Å²) in [6, 6.07) is 2.80. The van der Waals surface area contributed by atoms with E-state index in [-0.39, 0.29) is 36.7 Å². The molecule has 29 heavy (non-hydrogen) atoms. The number of rotatable bonds is 6. The van der Waals surface area contributed by atoms with E-state index in [0.29, 0.717) is 25.2 Å². The second-order valence-corrected chi connectivity index (χ2v) is 6.56. The van der Waals surface area contributed by atoms with Crippen LogP contribution in [0.1, 0.15) is 40.9 Å². The fourth-order valence-corrected chi connectivity index (χ4v) is 2.95. The number of amides is 2. The van der Waals surface area contributed by atoms with Crippen LogP contribution in [0.4, 0.5) is 14.7 Å². The van der Waals surface area contributed by atoms with Crippen molar-refractivity contribution in [3.05, 3.63) is 52.9 Å². The van der Waals surface area contributed by atoms with E-state index in [1.165, 1.54) is 6.20 Å². The van der Waals surface area contributed by atoms with Crippen LogP contribution in [0.25, 0.3) is 0 Å². The topological polar surface area (TPSA) is 112 Å². The molecule has 0 fully saturated rings. The van der Waals surface area contributed by atoms with E-state index >= 15 is 0 Å². The number of fused-ring (bicyclic) bond motifs is 1. The quantitative estimate of drug-likeness (QED) is 0.763. The number of carbonyl (C=O) groups excluding carboxylic acids is 2. The molecule has 10 heteroatoms. The predicted molar refractivity (Wildman–Crippen MR) is 97.0 cm³/mol. The molecule has 0 saturated heterocycles. The molecule has 0 aliphatic carbocycles. The van der Waals surface area contributed by atoms with Gasteiger partial charge in [0, 0.05) is 49.7 Å². The zero-order chi connectivity index (χ0) is 21.0. The Morgan fingerprint density at radius 3 is 2.69 bits per heavy atom. The van der Waals surface area contributed by atoms with Crippen molar-refractivity contribution in [2.24, 2.45) is 0 Å². The lowest BCUT2D eigenvalue weighted by molar-refractivity contribution is -0.137. The molecule has 0 atom stereocenters. The molecule has 1 aliphatic heterocycles. The van der Waals surface area contributed by atoms with Crippen molar-refractivity contribution < 1.29 is 28.3 Å².